The van der Waals surface area contributed by atoms with Crippen LogP contribution in [-0.2, 0) is 4.79 Å². The molecule has 3 N–H and O–H groups in total. The van der Waals surface area contributed by atoms with Gasteiger partial charge in [-0.2, -0.15) is 0 Å². The van der Waals surface area contributed by atoms with E-state index in [1.807, 2.05) is 0 Å². The minimum atomic E-state index is -0.351. The third-order valence-corrected chi connectivity index (χ3v) is 4.58. The molecule has 5 nitrogen and oxygen atoms in total. The monoisotopic (exact) mass is 321 g/mol. The van der Waals surface area contributed by atoms with Crippen LogP contribution in [0, 0.1) is 0 Å². The van der Waals surface area contributed by atoms with E-state index < -0.39 is 0 Å². The molecule has 1 aliphatic heterocycles. The van der Waals surface area contributed by atoms with E-state index in [9.17, 15) is 9.59 Å². The maximum absolute atomic E-state index is 11.7. The van der Waals surface area contributed by atoms with Crippen LogP contribution in [0.25, 0.3) is 0 Å². The summed E-state index contributed by atoms with van der Waals surface area (Å²) in [7, 11) is 0. The summed E-state index contributed by atoms with van der Waals surface area (Å²) in [5.41, 5.74) is 0. The Hall–Kier alpha value is -0.460. The van der Waals surface area contributed by atoms with Gasteiger partial charge in [0.1, 0.15) is 6.04 Å². The van der Waals surface area contributed by atoms with Crippen LogP contribution >= 0.6 is 24.2 Å². The van der Waals surface area contributed by atoms with Crippen molar-refractivity contribution in [3.8, 4) is 0 Å². The van der Waals surface area contributed by atoms with Crippen LogP contribution < -0.4 is 16.0 Å². The molecular weight excluding hydrogens is 298 g/mol. The number of amides is 2. The van der Waals surface area contributed by atoms with Crippen LogP contribution in [0.1, 0.15) is 38.5 Å². The van der Waals surface area contributed by atoms with Crippen molar-refractivity contribution in [2.45, 2.75) is 50.6 Å². The molecule has 1 saturated heterocycles. The van der Waals surface area contributed by atoms with Gasteiger partial charge in [-0.25, -0.2) is 0 Å². The van der Waals surface area contributed by atoms with Crippen LogP contribution in [0.15, 0.2) is 0 Å². The number of carbonyl (C=O) groups excluding carboxylic acids is 2. The number of thioether (sulfide) groups is 1. The van der Waals surface area contributed by atoms with Crippen molar-refractivity contribution in [2.75, 3.05) is 18.8 Å². The molecule has 0 spiro atoms. The molecular formula is C13H24ClN3O2S. The molecule has 20 heavy (non-hydrogen) atoms. The van der Waals surface area contributed by atoms with E-state index in [2.05, 4.69) is 16.0 Å². The summed E-state index contributed by atoms with van der Waals surface area (Å²) >= 11 is 1.17. The molecule has 0 unspecified atom stereocenters. The molecule has 2 rings (SSSR count). The smallest absolute Gasteiger partial charge is 0.279 e. The second-order valence-electron chi connectivity index (χ2n) is 5.23. The summed E-state index contributed by atoms with van der Waals surface area (Å²) in [4.78, 5) is 22.7. The minimum absolute atomic E-state index is 0. The average Bonchev–Trinajstić information content (AvgIpc) is 2.68. The van der Waals surface area contributed by atoms with Gasteiger partial charge in [0.05, 0.1) is 0 Å². The second kappa shape index (κ2) is 9.47. The van der Waals surface area contributed by atoms with Gasteiger partial charge in [-0.05, 0) is 12.8 Å². The van der Waals surface area contributed by atoms with Gasteiger partial charge in [0.25, 0.3) is 5.24 Å². The van der Waals surface area contributed by atoms with Crippen molar-refractivity contribution in [2.24, 2.45) is 0 Å². The summed E-state index contributed by atoms with van der Waals surface area (Å²) in [6, 6.07) is 0.261. The SMILES string of the molecule is Cl.O=C1N[C@H](C(=O)NCCNC2CCCCCC2)CS1. The highest BCUT2D eigenvalue weighted by Gasteiger charge is 2.27. The van der Waals surface area contributed by atoms with Gasteiger partial charge in [0.15, 0.2) is 0 Å². The van der Waals surface area contributed by atoms with Gasteiger partial charge in [0, 0.05) is 24.9 Å². The maximum atomic E-state index is 11.7. The molecule has 7 heteroatoms. The van der Waals surface area contributed by atoms with Crippen molar-refractivity contribution in [1.82, 2.24) is 16.0 Å². The van der Waals surface area contributed by atoms with E-state index in [0.29, 0.717) is 18.3 Å². The number of hydrogen-bond donors (Lipinski definition) is 3. The van der Waals surface area contributed by atoms with Gasteiger partial charge in [-0.3, -0.25) is 9.59 Å². The summed E-state index contributed by atoms with van der Waals surface area (Å²) in [6.45, 7) is 1.44. The van der Waals surface area contributed by atoms with Crippen molar-refractivity contribution < 1.29 is 9.59 Å². The first kappa shape index (κ1) is 17.6. The zero-order valence-electron chi connectivity index (χ0n) is 11.7. The van der Waals surface area contributed by atoms with Crippen LogP contribution in [0.2, 0.25) is 0 Å². The molecule has 0 radical (unpaired) electrons. The van der Waals surface area contributed by atoms with Crippen LogP contribution in [0.3, 0.4) is 0 Å². The Morgan fingerprint density at radius 3 is 2.50 bits per heavy atom. The first-order valence-electron chi connectivity index (χ1n) is 7.20. The standard InChI is InChI=1S/C13H23N3O2S.ClH/c17-12(11-9-19-13(18)16-11)15-8-7-14-10-5-3-1-2-4-6-10;/h10-11,14H,1-9H2,(H,15,17)(H,16,18);1H/t11-;/m0./s1. The van der Waals surface area contributed by atoms with Crippen molar-refractivity contribution in [1.29, 1.82) is 0 Å². The Morgan fingerprint density at radius 1 is 1.20 bits per heavy atom. The first-order valence-corrected chi connectivity index (χ1v) is 8.18. The molecule has 1 aliphatic carbocycles. The number of carbonyl (C=O) groups is 2. The highest BCUT2D eigenvalue weighted by molar-refractivity contribution is 8.14. The summed E-state index contributed by atoms with van der Waals surface area (Å²) in [5, 5.41) is 8.92. The lowest BCUT2D eigenvalue weighted by Crippen LogP contribution is -2.45. The number of rotatable bonds is 5. The highest BCUT2D eigenvalue weighted by Crippen LogP contribution is 2.16. The number of hydrogen-bond acceptors (Lipinski definition) is 4. The lowest BCUT2D eigenvalue weighted by atomic mass is 10.1. The minimum Gasteiger partial charge on any atom is -0.353 e. The fourth-order valence-electron chi connectivity index (χ4n) is 2.59. The van der Waals surface area contributed by atoms with Gasteiger partial charge in [-0.15, -0.1) is 12.4 Å². The molecule has 1 saturated carbocycles. The Labute approximate surface area is 130 Å². The van der Waals surface area contributed by atoms with E-state index in [0.717, 1.165) is 6.54 Å². The second-order valence-corrected chi connectivity index (χ2v) is 6.22. The normalized spacial score (nSPS) is 23.6. The fraction of sp³-hybridized carbons (Fsp3) is 0.846. The predicted octanol–water partition coefficient (Wildman–Crippen LogP) is 1.66. The Balaban J connectivity index is 0.00000200. The molecule has 0 aromatic heterocycles. The van der Waals surface area contributed by atoms with Gasteiger partial charge in [-0.1, -0.05) is 37.4 Å². The Kier molecular flexibility index (Phi) is 8.33. The quantitative estimate of drug-likeness (QED) is 0.532. The molecule has 0 bridgehead atoms. The molecule has 2 aliphatic rings. The third-order valence-electron chi connectivity index (χ3n) is 3.70. The molecule has 0 aromatic carbocycles. The van der Waals surface area contributed by atoms with E-state index in [4.69, 9.17) is 0 Å². The lowest BCUT2D eigenvalue weighted by molar-refractivity contribution is -0.122. The van der Waals surface area contributed by atoms with Crippen molar-refractivity contribution >= 4 is 35.3 Å². The van der Waals surface area contributed by atoms with Crippen LogP contribution in [0.4, 0.5) is 4.79 Å². The van der Waals surface area contributed by atoms with E-state index in [-0.39, 0.29) is 29.6 Å². The molecule has 0 aromatic rings. The average molecular weight is 322 g/mol. The van der Waals surface area contributed by atoms with Gasteiger partial charge >= 0.3 is 0 Å². The molecule has 1 atom stereocenters. The zero-order chi connectivity index (χ0) is 13.5. The maximum Gasteiger partial charge on any atom is 0.279 e. The van der Waals surface area contributed by atoms with E-state index in [1.165, 1.54) is 50.3 Å². The Bertz CT molecular complexity index is 323. The van der Waals surface area contributed by atoms with Gasteiger partial charge < -0.3 is 16.0 Å². The summed E-state index contributed by atoms with van der Waals surface area (Å²) < 4.78 is 0. The third kappa shape index (κ3) is 5.89. The number of halogens is 1. The van der Waals surface area contributed by atoms with E-state index >= 15 is 0 Å². The van der Waals surface area contributed by atoms with Crippen LogP contribution in [0.5, 0.6) is 0 Å². The first-order chi connectivity index (χ1) is 9.25. The van der Waals surface area contributed by atoms with Gasteiger partial charge in [0.2, 0.25) is 5.91 Å². The lowest BCUT2D eigenvalue weighted by Gasteiger charge is -2.17. The van der Waals surface area contributed by atoms with Crippen molar-refractivity contribution in [3.05, 3.63) is 0 Å². The zero-order valence-corrected chi connectivity index (χ0v) is 13.3. The molecule has 116 valence electrons. The molecule has 2 amide bonds. The predicted molar refractivity (Wildman–Crippen MR) is 84.5 cm³/mol. The summed E-state index contributed by atoms with van der Waals surface area (Å²) in [6.07, 6.45) is 7.85. The van der Waals surface area contributed by atoms with E-state index in [1.54, 1.807) is 0 Å². The highest BCUT2D eigenvalue weighted by atomic mass is 35.5. The fourth-order valence-corrected chi connectivity index (χ4v) is 3.37. The number of nitrogens with one attached hydrogen (secondary N) is 3. The largest absolute Gasteiger partial charge is 0.353 e. The molecule has 2 fully saturated rings. The topological polar surface area (TPSA) is 70.2 Å². The summed E-state index contributed by atoms with van der Waals surface area (Å²) in [5.74, 6) is 0.474. The Morgan fingerprint density at radius 2 is 1.90 bits per heavy atom. The van der Waals surface area contributed by atoms with Crippen molar-refractivity contribution in [3.63, 3.8) is 0 Å². The molecule has 1 heterocycles. The van der Waals surface area contributed by atoms with Crippen LogP contribution in [-0.4, -0.2) is 42.1 Å².